The Balaban J connectivity index is 1.80. The zero-order valence-electron chi connectivity index (χ0n) is 14.3. The molecule has 0 fully saturated rings. The molecule has 0 saturated heterocycles. The number of aryl methyl sites for hydroxylation is 1. The van der Waals surface area contributed by atoms with Crippen LogP contribution in [0.5, 0.6) is 0 Å². The van der Waals surface area contributed by atoms with Gasteiger partial charge in [-0.25, -0.2) is 0 Å². The third-order valence-electron chi connectivity index (χ3n) is 4.56. The van der Waals surface area contributed by atoms with Crippen molar-refractivity contribution < 1.29 is 15.0 Å². The number of anilines is 2. The topological polar surface area (TPSA) is 64.0 Å². The molecule has 2 N–H and O–H groups in total. The van der Waals surface area contributed by atoms with Gasteiger partial charge in [-0.05, 0) is 48.7 Å². The smallest absolute Gasteiger partial charge is 0.254 e. The number of hydrogen-bond donors (Lipinski definition) is 2. The van der Waals surface area contributed by atoms with Crippen molar-refractivity contribution in [1.29, 1.82) is 0 Å². The first kappa shape index (κ1) is 17.5. The minimum atomic E-state index is -0.173. The minimum Gasteiger partial charge on any atom is -0.395 e. The number of aliphatic hydroxyl groups is 2. The SMILES string of the molecule is O=C(c1ccc(N2CCCc3ccccc32)cc1)N(CCO)CCO. The van der Waals surface area contributed by atoms with Crippen molar-refractivity contribution in [2.24, 2.45) is 0 Å². The Morgan fingerprint density at radius 3 is 2.36 bits per heavy atom. The number of rotatable bonds is 6. The first-order valence-corrected chi connectivity index (χ1v) is 8.71. The van der Waals surface area contributed by atoms with Gasteiger partial charge in [-0.2, -0.15) is 0 Å². The number of aliphatic hydroxyl groups excluding tert-OH is 2. The zero-order chi connectivity index (χ0) is 17.6. The number of benzene rings is 2. The molecule has 0 radical (unpaired) electrons. The van der Waals surface area contributed by atoms with Crippen molar-refractivity contribution in [3.8, 4) is 0 Å². The second kappa shape index (κ2) is 8.14. The number of amides is 1. The lowest BCUT2D eigenvalue weighted by atomic mass is 10.0. The molecule has 1 aliphatic heterocycles. The molecule has 5 nitrogen and oxygen atoms in total. The molecule has 0 spiro atoms. The van der Waals surface area contributed by atoms with E-state index in [2.05, 4.69) is 29.2 Å². The van der Waals surface area contributed by atoms with E-state index in [1.807, 2.05) is 24.3 Å². The Morgan fingerprint density at radius 1 is 1.00 bits per heavy atom. The van der Waals surface area contributed by atoms with E-state index < -0.39 is 0 Å². The Morgan fingerprint density at radius 2 is 1.68 bits per heavy atom. The van der Waals surface area contributed by atoms with Crippen LogP contribution in [0.1, 0.15) is 22.3 Å². The average molecular weight is 340 g/mol. The molecule has 25 heavy (non-hydrogen) atoms. The van der Waals surface area contributed by atoms with E-state index in [9.17, 15) is 4.79 Å². The van der Waals surface area contributed by atoms with Gasteiger partial charge in [-0.15, -0.1) is 0 Å². The van der Waals surface area contributed by atoms with Crippen molar-refractivity contribution >= 4 is 17.3 Å². The maximum Gasteiger partial charge on any atom is 0.254 e. The van der Waals surface area contributed by atoms with Crippen molar-refractivity contribution in [2.75, 3.05) is 37.7 Å². The van der Waals surface area contributed by atoms with Gasteiger partial charge in [0.25, 0.3) is 5.91 Å². The molecule has 132 valence electrons. The van der Waals surface area contributed by atoms with Gasteiger partial charge < -0.3 is 20.0 Å². The molecule has 0 bridgehead atoms. The molecule has 0 atom stereocenters. The molecule has 2 aromatic carbocycles. The van der Waals surface area contributed by atoms with Gasteiger partial charge >= 0.3 is 0 Å². The molecule has 5 heteroatoms. The highest BCUT2D eigenvalue weighted by Gasteiger charge is 2.19. The number of para-hydroxylation sites is 1. The van der Waals surface area contributed by atoms with Crippen LogP contribution in [-0.4, -0.2) is 53.9 Å². The maximum absolute atomic E-state index is 12.5. The van der Waals surface area contributed by atoms with Crippen LogP contribution in [-0.2, 0) is 6.42 Å². The van der Waals surface area contributed by atoms with Gasteiger partial charge in [0.1, 0.15) is 0 Å². The number of fused-ring (bicyclic) bond motifs is 1. The predicted molar refractivity (Wildman–Crippen MR) is 98.3 cm³/mol. The Hall–Kier alpha value is -2.37. The third kappa shape index (κ3) is 3.83. The van der Waals surface area contributed by atoms with Crippen LogP contribution in [0.25, 0.3) is 0 Å². The van der Waals surface area contributed by atoms with Crippen LogP contribution < -0.4 is 4.90 Å². The predicted octanol–water partition coefficient (Wildman–Crippen LogP) is 2.20. The second-order valence-electron chi connectivity index (χ2n) is 6.17. The first-order valence-electron chi connectivity index (χ1n) is 8.71. The summed E-state index contributed by atoms with van der Waals surface area (Å²) in [5, 5.41) is 18.2. The molecule has 2 aromatic rings. The van der Waals surface area contributed by atoms with Gasteiger partial charge in [0, 0.05) is 36.6 Å². The van der Waals surface area contributed by atoms with E-state index >= 15 is 0 Å². The number of carbonyl (C=O) groups excluding carboxylic acids is 1. The van der Waals surface area contributed by atoms with Crippen LogP contribution in [0.3, 0.4) is 0 Å². The Bertz CT molecular complexity index is 709. The monoisotopic (exact) mass is 340 g/mol. The molecule has 3 rings (SSSR count). The lowest BCUT2D eigenvalue weighted by Gasteiger charge is -2.31. The van der Waals surface area contributed by atoms with E-state index in [0.29, 0.717) is 5.56 Å². The molecule has 1 aliphatic rings. The Labute approximate surface area is 148 Å². The summed E-state index contributed by atoms with van der Waals surface area (Å²) in [5.74, 6) is -0.173. The second-order valence-corrected chi connectivity index (χ2v) is 6.17. The van der Waals surface area contributed by atoms with Crippen LogP contribution in [0.2, 0.25) is 0 Å². The molecule has 1 amide bonds. The molecule has 0 unspecified atom stereocenters. The van der Waals surface area contributed by atoms with Gasteiger partial charge in [0.15, 0.2) is 0 Å². The van der Waals surface area contributed by atoms with Crippen LogP contribution in [0, 0.1) is 0 Å². The quantitative estimate of drug-likeness (QED) is 0.846. The minimum absolute atomic E-state index is 0.117. The number of carbonyl (C=O) groups is 1. The van der Waals surface area contributed by atoms with Gasteiger partial charge in [-0.1, -0.05) is 18.2 Å². The van der Waals surface area contributed by atoms with Crippen molar-refractivity contribution in [1.82, 2.24) is 4.90 Å². The highest BCUT2D eigenvalue weighted by molar-refractivity contribution is 5.94. The molecular weight excluding hydrogens is 316 g/mol. The van der Waals surface area contributed by atoms with Crippen molar-refractivity contribution in [2.45, 2.75) is 12.8 Å². The van der Waals surface area contributed by atoms with Gasteiger partial charge in [0.05, 0.1) is 13.2 Å². The molecule has 0 aromatic heterocycles. The largest absolute Gasteiger partial charge is 0.395 e. The maximum atomic E-state index is 12.5. The summed E-state index contributed by atoms with van der Waals surface area (Å²) >= 11 is 0. The lowest BCUT2D eigenvalue weighted by molar-refractivity contribution is 0.0685. The van der Waals surface area contributed by atoms with E-state index in [4.69, 9.17) is 10.2 Å². The van der Waals surface area contributed by atoms with Gasteiger partial charge in [-0.3, -0.25) is 4.79 Å². The number of nitrogens with zero attached hydrogens (tertiary/aromatic N) is 2. The number of hydrogen-bond acceptors (Lipinski definition) is 4. The van der Waals surface area contributed by atoms with E-state index in [1.165, 1.54) is 16.2 Å². The molecular formula is C20H24N2O3. The summed E-state index contributed by atoms with van der Waals surface area (Å²) in [6, 6.07) is 16.0. The standard InChI is InChI=1S/C20H24N2O3/c23-14-12-21(13-15-24)20(25)17-7-9-18(10-8-17)22-11-3-5-16-4-1-2-6-19(16)22/h1-2,4,6-10,23-24H,3,5,11-15H2. The first-order chi connectivity index (χ1) is 12.2. The lowest BCUT2D eigenvalue weighted by Crippen LogP contribution is -2.35. The van der Waals surface area contributed by atoms with Crippen molar-refractivity contribution in [3.63, 3.8) is 0 Å². The highest BCUT2D eigenvalue weighted by Crippen LogP contribution is 2.33. The zero-order valence-corrected chi connectivity index (χ0v) is 14.3. The normalized spacial score (nSPS) is 13.4. The fraction of sp³-hybridized carbons (Fsp3) is 0.350. The summed E-state index contributed by atoms with van der Waals surface area (Å²) in [4.78, 5) is 16.2. The van der Waals surface area contributed by atoms with Crippen LogP contribution >= 0.6 is 0 Å². The Kier molecular flexibility index (Phi) is 5.68. The molecule has 1 heterocycles. The van der Waals surface area contributed by atoms with Crippen LogP contribution in [0.15, 0.2) is 48.5 Å². The van der Waals surface area contributed by atoms with Crippen molar-refractivity contribution in [3.05, 3.63) is 59.7 Å². The molecule has 0 saturated carbocycles. The highest BCUT2D eigenvalue weighted by atomic mass is 16.3. The summed E-state index contributed by atoms with van der Waals surface area (Å²) in [6.07, 6.45) is 2.21. The average Bonchev–Trinajstić information content (AvgIpc) is 2.67. The van der Waals surface area contributed by atoms with E-state index in [0.717, 1.165) is 25.1 Å². The summed E-state index contributed by atoms with van der Waals surface area (Å²) in [6.45, 7) is 1.18. The van der Waals surface area contributed by atoms with Gasteiger partial charge in [0.2, 0.25) is 0 Å². The summed E-state index contributed by atoms with van der Waals surface area (Å²) in [5.41, 5.74) is 4.22. The fourth-order valence-corrected chi connectivity index (χ4v) is 3.32. The van der Waals surface area contributed by atoms with E-state index in [-0.39, 0.29) is 32.2 Å². The summed E-state index contributed by atoms with van der Waals surface area (Å²) in [7, 11) is 0. The van der Waals surface area contributed by atoms with Crippen LogP contribution in [0.4, 0.5) is 11.4 Å². The van der Waals surface area contributed by atoms with E-state index in [1.54, 1.807) is 0 Å². The fourth-order valence-electron chi connectivity index (χ4n) is 3.32. The molecule has 0 aliphatic carbocycles. The summed E-state index contributed by atoms with van der Waals surface area (Å²) < 4.78 is 0. The third-order valence-corrected chi connectivity index (χ3v) is 4.56.